The minimum atomic E-state index is 0.0243. The van der Waals surface area contributed by atoms with Gasteiger partial charge in [-0.05, 0) is 18.4 Å². The zero-order chi connectivity index (χ0) is 17.4. The second-order valence-corrected chi connectivity index (χ2v) is 7.40. The van der Waals surface area contributed by atoms with Gasteiger partial charge in [-0.15, -0.1) is 11.3 Å². The molecule has 1 aliphatic carbocycles. The number of nitrogens with zero attached hydrogens (tertiary/aromatic N) is 3. The molecule has 1 amide bonds. The summed E-state index contributed by atoms with van der Waals surface area (Å²) in [6.45, 7) is 0.229. The zero-order valence-electron chi connectivity index (χ0n) is 14.3. The van der Waals surface area contributed by atoms with Gasteiger partial charge in [0.05, 0.1) is 11.9 Å². The summed E-state index contributed by atoms with van der Waals surface area (Å²) in [5, 5.41) is 6.39. The van der Waals surface area contributed by atoms with Crippen molar-refractivity contribution in [2.45, 2.75) is 18.8 Å². The highest BCUT2D eigenvalue weighted by atomic mass is 32.1. The molecule has 0 unspecified atom stereocenters. The number of anilines is 1. The molecule has 1 saturated carbocycles. The van der Waals surface area contributed by atoms with Crippen molar-refractivity contribution in [3.05, 3.63) is 41.5 Å². The lowest BCUT2D eigenvalue weighted by atomic mass is 10.1. The normalized spacial score (nSPS) is 13.8. The molecule has 3 aromatic rings. The van der Waals surface area contributed by atoms with Crippen LogP contribution in [-0.4, -0.2) is 41.4 Å². The maximum atomic E-state index is 12.0. The van der Waals surface area contributed by atoms with Gasteiger partial charge >= 0.3 is 0 Å². The second kappa shape index (κ2) is 6.44. The molecule has 4 rings (SSSR count). The number of benzene rings is 1. The maximum Gasteiger partial charge on any atom is 0.241 e. The summed E-state index contributed by atoms with van der Waals surface area (Å²) >= 11 is 1.64. The number of amides is 1. The number of hydrogen-bond acceptors (Lipinski definition) is 5. The molecule has 1 aliphatic rings. The summed E-state index contributed by atoms with van der Waals surface area (Å²) < 4.78 is 0. The van der Waals surface area contributed by atoms with Crippen molar-refractivity contribution in [3.8, 4) is 11.1 Å². The van der Waals surface area contributed by atoms with Gasteiger partial charge in [0.2, 0.25) is 5.91 Å². The number of aromatic nitrogens is 2. The lowest BCUT2D eigenvalue weighted by Gasteiger charge is -2.13. The van der Waals surface area contributed by atoms with Gasteiger partial charge in [-0.1, -0.05) is 30.3 Å². The molecule has 2 aromatic heterocycles. The van der Waals surface area contributed by atoms with E-state index in [0.717, 1.165) is 45.8 Å². The van der Waals surface area contributed by atoms with E-state index in [2.05, 4.69) is 22.8 Å². The Kier molecular flexibility index (Phi) is 4.13. The molecular formula is C19H20N4OS. The van der Waals surface area contributed by atoms with Gasteiger partial charge < -0.3 is 10.2 Å². The third-order valence-electron chi connectivity index (χ3n) is 4.38. The first kappa shape index (κ1) is 16.0. The first-order chi connectivity index (χ1) is 12.1. The van der Waals surface area contributed by atoms with E-state index < -0.39 is 0 Å². The number of likely N-dealkylation sites (N-methyl/N-ethyl adjacent to an activating group) is 1. The molecule has 0 radical (unpaired) electrons. The van der Waals surface area contributed by atoms with E-state index in [1.54, 1.807) is 30.3 Å². The van der Waals surface area contributed by atoms with Gasteiger partial charge in [0.1, 0.15) is 16.5 Å². The van der Waals surface area contributed by atoms with Crippen molar-refractivity contribution < 1.29 is 4.79 Å². The average molecular weight is 352 g/mol. The molecule has 1 N–H and O–H groups in total. The Morgan fingerprint density at radius 2 is 2.00 bits per heavy atom. The quantitative estimate of drug-likeness (QED) is 0.760. The van der Waals surface area contributed by atoms with Gasteiger partial charge in [-0.3, -0.25) is 4.79 Å². The molecule has 25 heavy (non-hydrogen) atoms. The Hall–Kier alpha value is -2.47. The van der Waals surface area contributed by atoms with Crippen molar-refractivity contribution in [2.75, 3.05) is 26.0 Å². The van der Waals surface area contributed by atoms with Gasteiger partial charge in [0.15, 0.2) is 0 Å². The standard InChI is InChI=1S/C19H20N4OS/c1-23(2)15(24)10-20-18-16-14(12-6-4-3-5-7-12)11-25-19(16)22-17(21-18)13-8-9-13/h3-7,11,13H,8-10H2,1-2H3,(H,20,21,22). The average Bonchev–Trinajstić information content (AvgIpc) is 3.39. The molecule has 6 heteroatoms. The maximum absolute atomic E-state index is 12.0. The minimum absolute atomic E-state index is 0.0243. The predicted molar refractivity (Wildman–Crippen MR) is 102 cm³/mol. The number of carbonyl (C=O) groups excluding carboxylic acids is 1. The van der Waals surface area contributed by atoms with E-state index in [1.165, 1.54) is 0 Å². The van der Waals surface area contributed by atoms with Crippen LogP contribution >= 0.6 is 11.3 Å². The monoisotopic (exact) mass is 352 g/mol. The van der Waals surface area contributed by atoms with E-state index in [4.69, 9.17) is 9.97 Å². The van der Waals surface area contributed by atoms with Crippen molar-refractivity contribution in [1.82, 2.24) is 14.9 Å². The van der Waals surface area contributed by atoms with E-state index in [9.17, 15) is 4.79 Å². The molecule has 2 heterocycles. The van der Waals surface area contributed by atoms with Gasteiger partial charge in [-0.25, -0.2) is 9.97 Å². The summed E-state index contributed by atoms with van der Waals surface area (Å²) in [7, 11) is 3.52. The van der Waals surface area contributed by atoms with Crippen LogP contribution in [0, 0.1) is 0 Å². The fraction of sp³-hybridized carbons (Fsp3) is 0.316. The summed E-state index contributed by atoms with van der Waals surface area (Å²) in [4.78, 5) is 24.1. The number of carbonyl (C=O) groups is 1. The number of rotatable bonds is 5. The molecule has 0 saturated heterocycles. The van der Waals surface area contributed by atoms with Crippen molar-refractivity contribution >= 4 is 33.3 Å². The Balaban J connectivity index is 1.79. The Morgan fingerprint density at radius 3 is 2.68 bits per heavy atom. The summed E-state index contributed by atoms with van der Waals surface area (Å²) in [6.07, 6.45) is 2.30. The third kappa shape index (κ3) is 3.22. The summed E-state index contributed by atoms with van der Waals surface area (Å²) in [5.41, 5.74) is 2.25. The SMILES string of the molecule is CN(C)C(=O)CNc1nc(C2CC2)nc2scc(-c3ccccc3)c12. The Morgan fingerprint density at radius 1 is 1.24 bits per heavy atom. The summed E-state index contributed by atoms with van der Waals surface area (Å²) in [5.74, 6) is 2.16. The smallest absolute Gasteiger partial charge is 0.241 e. The van der Waals surface area contributed by atoms with E-state index in [-0.39, 0.29) is 12.5 Å². The first-order valence-electron chi connectivity index (χ1n) is 8.42. The molecule has 1 fully saturated rings. The number of nitrogens with one attached hydrogen (secondary N) is 1. The molecule has 5 nitrogen and oxygen atoms in total. The topological polar surface area (TPSA) is 58.1 Å². The van der Waals surface area contributed by atoms with E-state index >= 15 is 0 Å². The molecule has 0 spiro atoms. The van der Waals surface area contributed by atoms with Gasteiger partial charge in [0, 0.05) is 31.0 Å². The van der Waals surface area contributed by atoms with Crippen LogP contribution in [0.2, 0.25) is 0 Å². The van der Waals surface area contributed by atoms with Crippen LogP contribution in [0.1, 0.15) is 24.6 Å². The van der Waals surface area contributed by atoms with Gasteiger partial charge in [-0.2, -0.15) is 0 Å². The lowest BCUT2D eigenvalue weighted by Crippen LogP contribution is -2.29. The highest BCUT2D eigenvalue weighted by Gasteiger charge is 2.28. The third-order valence-corrected chi connectivity index (χ3v) is 5.26. The van der Waals surface area contributed by atoms with Crippen LogP contribution in [0.3, 0.4) is 0 Å². The molecule has 128 valence electrons. The van der Waals surface area contributed by atoms with Crippen LogP contribution in [0.5, 0.6) is 0 Å². The van der Waals surface area contributed by atoms with Crippen molar-refractivity contribution in [1.29, 1.82) is 0 Å². The fourth-order valence-corrected chi connectivity index (χ4v) is 3.71. The van der Waals surface area contributed by atoms with Crippen LogP contribution < -0.4 is 5.32 Å². The van der Waals surface area contributed by atoms with Gasteiger partial charge in [0.25, 0.3) is 0 Å². The van der Waals surface area contributed by atoms with E-state index in [0.29, 0.717) is 5.92 Å². The number of thiophene rings is 1. The predicted octanol–water partition coefficient (Wildman–Crippen LogP) is 3.74. The number of fused-ring (bicyclic) bond motifs is 1. The highest BCUT2D eigenvalue weighted by Crippen LogP contribution is 2.42. The molecule has 0 aliphatic heterocycles. The molecular weight excluding hydrogens is 332 g/mol. The highest BCUT2D eigenvalue weighted by molar-refractivity contribution is 7.17. The van der Waals surface area contributed by atoms with Crippen molar-refractivity contribution in [3.63, 3.8) is 0 Å². The van der Waals surface area contributed by atoms with Crippen LogP contribution in [-0.2, 0) is 4.79 Å². The Labute approximate surface area is 150 Å². The molecule has 1 aromatic carbocycles. The van der Waals surface area contributed by atoms with Crippen LogP contribution in [0.25, 0.3) is 21.3 Å². The van der Waals surface area contributed by atoms with Crippen LogP contribution in [0.4, 0.5) is 5.82 Å². The van der Waals surface area contributed by atoms with E-state index in [1.807, 2.05) is 18.2 Å². The Bertz CT molecular complexity index is 916. The minimum Gasteiger partial charge on any atom is -0.360 e. The lowest BCUT2D eigenvalue weighted by molar-refractivity contribution is -0.126. The largest absolute Gasteiger partial charge is 0.360 e. The zero-order valence-corrected chi connectivity index (χ0v) is 15.1. The molecule has 0 bridgehead atoms. The molecule has 0 atom stereocenters. The fourth-order valence-electron chi connectivity index (χ4n) is 2.76. The number of hydrogen-bond donors (Lipinski definition) is 1. The first-order valence-corrected chi connectivity index (χ1v) is 9.30. The van der Waals surface area contributed by atoms with Crippen molar-refractivity contribution in [2.24, 2.45) is 0 Å². The summed E-state index contributed by atoms with van der Waals surface area (Å²) in [6, 6.07) is 10.2. The van der Waals surface area contributed by atoms with Crippen LogP contribution in [0.15, 0.2) is 35.7 Å². The second-order valence-electron chi connectivity index (χ2n) is 6.54.